The van der Waals surface area contributed by atoms with Crippen LogP contribution in [0.3, 0.4) is 0 Å². The summed E-state index contributed by atoms with van der Waals surface area (Å²) in [5, 5.41) is 3.21. The number of nitrogens with zero attached hydrogens (tertiary/aromatic N) is 1. The van der Waals surface area contributed by atoms with Crippen LogP contribution in [0.15, 0.2) is 18.5 Å². The van der Waals surface area contributed by atoms with Crippen LogP contribution in [0.1, 0.15) is 12.8 Å². The van der Waals surface area contributed by atoms with Gasteiger partial charge in [-0.15, -0.1) is 0 Å². The number of anilines is 1. The van der Waals surface area contributed by atoms with Crippen molar-refractivity contribution < 1.29 is 9.53 Å². The number of rotatable bonds is 2. The summed E-state index contributed by atoms with van der Waals surface area (Å²) >= 11 is 5.74. The van der Waals surface area contributed by atoms with Gasteiger partial charge in [0.15, 0.2) is 0 Å². The number of amides is 1. The molecule has 0 bridgehead atoms. The van der Waals surface area contributed by atoms with Gasteiger partial charge in [0.25, 0.3) is 5.91 Å². The summed E-state index contributed by atoms with van der Waals surface area (Å²) in [5.74, 6) is -0.128. The number of hydrogen-bond donors (Lipinski definition) is 1. The van der Waals surface area contributed by atoms with Crippen LogP contribution in [0.2, 0.25) is 5.02 Å². The number of aromatic nitrogens is 1. The van der Waals surface area contributed by atoms with E-state index in [1.165, 1.54) is 6.20 Å². The zero-order valence-electron chi connectivity index (χ0n) is 8.07. The van der Waals surface area contributed by atoms with Gasteiger partial charge in [-0.3, -0.25) is 9.78 Å². The molecule has 4 nitrogen and oxygen atoms in total. The molecule has 0 saturated carbocycles. The van der Waals surface area contributed by atoms with Crippen LogP contribution in [-0.4, -0.2) is 23.6 Å². The topological polar surface area (TPSA) is 51.2 Å². The molecule has 80 valence electrons. The van der Waals surface area contributed by atoms with Gasteiger partial charge < -0.3 is 10.1 Å². The Hall–Kier alpha value is -1.13. The average Bonchev–Trinajstić information content (AvgIpc) is 2.70. The molecule has 1 aliphatic heterocycles. The predicted octanol–water partition coefficient (Wildman–Crippen LogP) is 1.85. The molecule has 0 radical (unpaired) electrons. The molecular formula is C10H11ClN2O2. The first-order valence-corrected chi connectivity index (χ1v) is 5.16. The fourth-order valence-corrected chi connectivity index (χ4v) is 1.66. The lowest BCUT2D eigenvalue weighted by Crippen LogP contribution is -2.26. The van der Waals surface area contributed by atoms with E-state index in [-0.39, 0.29) is 12.0 Å². The van der Waals surface area contributed by atoms with E-state index >= 15 is 0 Å². The average molecular weight is 227 g/mol. The Morgan fingerprint density at radius 1 is 1.60 bits per heavy atom. The Labute approximate surface area is 92.6 Å². The second kappa shape index (κ2) is 4.59. The minimum Gasteiger partial charge on any atom is -0.368 e. The molecule has 1 aromatic heterocycles. The van der Waals surface area contributed by atoms with Gasteiger partial charge in [0.1, 0.15) is 6.10 Å². The summed E-state index contributed by atoms with van der Waals surface area (Å²) in [7, 11) is 0. The maximum Gasteiger partial charge on any atom is 0.253 e. The first kappa shape index (κ1) is 10.4. The third kappa shape index (κ3) is 2.67. The Balaban J connectivity index is 1.99. The van der Waals surface area contributed by atoms with Crippen LogP contribution in [0, 0.1) is 0 Å². The molecule has 5 heteroatoms. The maximum absolute atomic E-state index is 11.6. The molecule has 1 aliphatic rings. The Kier molecular flexibility index (Phi) is 3.18. The fourth-order valence-electron chi connectivity index (χ4n) is 1.49. The summed E-state index contributed by atoms with van der Waals surface area (Å²) < 4.78 is 5.25. The Morgan fingerprint density at radius 2 is 2.47 bits per heavy atom. The van der Waals surface area contributed by atoms with Gasteiger partial charge in [-0.1, -0.05) is 11.6 Å². The minimum atomic E-state index is -0.330. The predicted molar refractivity (Wildman–Crippen MR) is 56.9 cm³/mol. The van der Waals surface area contributed by atoms with Crippen LogP contribution in [0.5, 0.6) is 0 Å². The summed E-state index contributed by atoms with van der Waals surface area (Å²) in [4.78, 5) is 15.5. The molecule has 1 aromatic rings. The van der Waals surface area contributed by atoms with E-state index in [1.54, 1.807) is 12.3 Å². The minimum absolute atomic E-state index is 0.128. The Bertz CT molecular complexity index is 364. The Morgan fingerprint density at radius 3 is 3.13 bits per heavy atom. The van der Waals surface area contributed by atoms with E-state index in [4.69, 9.17) is 16.3 Å². The van der Waals surface area contributed by atoms with Gasteiger partial charge in [0.05, 0.1) is 16.9 Å². The van der Waals surface area contributed by atoms with Gasteiger partial charge >= 0.3 is 0 Å². The lowest BCUT2D eigenvalue weighted by atomic mass is 10.2. The van der Waals surface area contributed by atoms with Crippen LogP contribution >= 0.6 is 11.6 Å². The van der Waals surface area contributed by atoms with Crippen molar-refractivity contribution in [3.8, 4) is 0 Å². The molecule has 2 heterocycles. The molecule has 15 heavy (non-hydrogen) atoms. The number of pyridine rings is 1. The van der Waals surface area contributed by atoms with Crippen LogP contribution in [-0.2, 0) is 9.53 Å². The van der Waals surface area contributed by atoms with Crippen molar-refractivity contribution in [2.75, 3.05) is 11.9 Å². The molecule has 0 aliphatic carbocycles. The van der Waals surface area contributed by atoms with Gasteiger partial charge in [-0.05, 0) is 18.9 Å². The van der Waals surface area contributed by atoms with E-state index < -0.39 is 0 Å². The number of ether oxygens (including phenoxy) is 1. The highest BCUT2D eigenvalue weighted by Crippen LogP contribution is 2.16. The highest BCUT2D eigenvalue weighted by molar-refractivity contribution is 6.30. The van der Waals surface area contributed by atoms with Crippen molar-refractivity contribution >= 4 is 23.2 Å². The van der Waals surface area contributed by atoms with E-state index in [0.717, 1.165) is 12.8 Å². The number of hydrogen-bond acceptors (Lipinski definition) is 3. The summed E-state index contributed by atoms with van der Waals surface area (Å²) in [6.45, 7) is 0.659. The van der Waals surface area contributed by atoms with Crippen molar-refractivity contribution in [2.24, 2.45) is 0 Å². The second-order valence-electron chi connectivity index (χ2n) is 3.38. The van der Waals surface area contributed by atoms with Crippen molar-refractivity contribution in [3.63, 3.8) is 0 Å². The maximum atomic E-state index is 11.6. The van der Waals surface area contributed by atoms with Crippen molar-refractivity contribution in [2.45, 2.75) is 18.9 Å². The molecule has 2 rings (SSSR count). The molecule has 0 unspecified atom stereocenters. The largest absolute Gasteiger partial charge is 0.368 e. The number of carbonyl (C=O) groups excluding carboxylic acids is 1. The molecule has 1 fully saturated rings. The van der Waals surface area contributed by atoms with Crippen LogP contribution < -0.4 is 5.32 Å². The zero-order valence-corrected chi connectivity index (χ0v) is 8.83. The molecule has 1 saturated heterocycles. The molecular weight excluding hydrogens is 216 g/mol. The van der Waals surface area contributed by atoms with Gasteiger partial charge in [0.2, 0.25) is 0 Å². The zero-order chi connectivity index (χ0) is 10.7. The summed E-state index contributed by atoms with van der Waals surface area (Å²) in [5.41, 5.74) is 0.600. The molecule has 0 aromatic carbocycles. The van der Waals surface area contributed by atoms with Crippen LogP contribution in [0.25, 0.3) is 0 Å². The van der Waals surface area contributed by atoms with E-state index in [1.807, 2.05) is 0 Å². The lowest BCUT2D eigenvalue weighted by Gasteiger charge is -2.09. The van der Waals surface area contributed by atoms with Crippen LogP contribution in [0.4, 0.5) is 5.69 Å². The quantitative estimate of drug-likeness (QED) is 0.838. The molecule has 1 N–H and O–H groups in total. The van der Waals surface area contributed by atoms with Gasteiger partial charge in [-0.25, -0.2) is 0 Å². The monoisotopic (exact) mass is 226 g/mol. The molecule has 1 amide bonds. The van der Waals surface area contributed by atoms with E-state index in [2.05, 4.69) is 10.3 Å². The van der Waals surface area contributed by atoms with E-state index in [0.29, 0.717) is 17.3 Å². The second-order valence-corrected chi connectivity index (χ2v) is 3.82. The third-order valence-corrected chi connectivity index (χ3v) is 2.40. The first-order chi connectivity index (χ1) is 7.25. The van der Waals surface area contributed by atoms with Gasteiger partial charge in [0, 0.05) is 12.8 Å². The van der Waals surface area contributed by atoms with Gasteiger partial charge in [-0.2, -0.15) is 0 Å². The normalized spacial score (nSPS) is 20.2. The highest BCUT2D eigenvalue weighted by Gasteiger charge is 2.23. The summed E-state index contributed by atoms with van der Waals surface area (Å²) in [6.07, 6.45) is 4.46. The third-order valence-electron chi connectivity index (χ3n) is 2.19. The van der Waals surface area contributed by atoms with Crippen molar-refractivity contribution in [1.82, 2.24) is 4.98 Å². The van der Waals surface area contributed by atoms with Crippen molar-refractivity contribution in [1.29, 1.82) is 0 Å². The number of halogens is 1. The first-order valence-electron chi connectivity index (χ1n) is 4.79. The number of nitrogens with one attached hydrogen (secondary N) is 1. The van der Waals surface area contributed by atoms with E-state index in [9.17, 15) is 4.79 Å². The summed E-state index contributed by atoms with van der Waals surface area (Å²) in [6, 6.07) is 1.65. The standard InChI is InChI=1S/C10H11ClN2O2/c11-7-4-8(6-12-5-7)13-10(14)9-2-1-3-15-9/h4-6,9H,1-3H2,(H,13,14)/t9-/m1/s1. The lowest BCUT2D eigenvalue weighted by molar-refractivity contribution is -0.124. The smallest absolute Gasteiger partial charge is 0.253 e. The fraction of sp³-hybridized carbons (Fsp3) is 0.400. The molecule has 0 spiro atoms. The van der Waals surface area contributed by atoms with Crippen molar-refractivity contribution in [3.05, 3.63) is 23.5 Å². The SMILES string of the molecule is O=C(Nc1cncc(Cl)c1)[C@H]1CCCO1. The number of carbonyl (C=O) groups is 1. The molecule has 1 atom stereocenters. The highest BCUT2D eigenvalue weighted by atomic mass is 35.5.